The van der Waals surface area contributed by atoms with Crippen molar-refractivity contribution in [2.24, 2.45) is 0 Å². The van der Waals surface area contributed by atoms with E-state index < -0.39 is 45.3 Å². The van der Waals surface area contributed by atoms with Gasteiger partial charge in [-0.05, 0) is 6.07 Å². The third kappa shape index (κ3) is 3.17. The van der Waals surface area contributed by atoms with E-state index in [1.807, 2.05) is 0 Å². The summed E-state index contributed by atoms with van der Waals surface area (Å²) in [5, 5.41) is 21.2. The van der Waals surface area contributed by atoms with Crippen molar-refractivity contribution in [1.82, 2.24) is 4.73 Å². The second-order valence-electron chi connectivity index (χ2n) is 4.68. The molecule has 0 fully saturated rings. The third-order valence-electron chi connectivity index (χ3n) is 3.18. The zero-order chi connectivity index (χ0) is 17.2. The average Bonchev–Trinajstić information content (AvgIpc) is 2.51. The molecule has 10 heteroatoms. The molecule has 1 aromatic heterocycles. The van der Waals surface area contributed by atoms with Gasteiger partial charge in [-0.1, -0.05) is 12.1 Å². The maximum atomic E-state index is 12.4. The molecule has 0 aliphatic heterocycles. The Hall–Kier alpha value is -2.46. The van der Waals surface area contributed by atoms with E-state index in [1.54, 1.807) is 0 Å². The normalized spacial score (nSPS) is 11.6. The first-order chi connectivity index (χ1) is 10.8. The highest BCUT2D eigenvalue weighted by Gasteiger charge is 2.32. The number of carbonyl (C=O) groups excluding carboxylic acids is 1. The lowest BCUT2D eigenvalue weighted by molar-refractivity contribution is -0.469. The van der Waals surface area contributed by atoms with E-state index in [1.165, 1.54) is 24.3 Å². The predicted molar refractivity (Wildman–Crippen MR) is 80.0 cm³/mol. The number of esters is 1. The predicted octanol–water partition coefficient (Wildman–Crippen LogP) is -0.405. The number of aliphatic hydroxyl groups is 1. The van der Waals surface area contributed by atoms with Crippen LogP contribution in [-0.4, -0.2) is 43.7 Å². The smallest absolute Gasteiger partial charge is 0.410 e. The highest BCUT2D eigenvalue weighted by Crippen LogP contribution is 2.17. The lowest BCUT2D eigenvalue weighted by Gasteiger charge is -2.18. The van der Waals surface area contributed by atoms with Crippen molar-refractivity contribution in [3.05, 3.63) is 45.8 Å². The molecule has 0 aliphatic carbocycles. The van der Waals surface area contributed by atoms with Gasteiger partial charge < -0.3 is 19.8 Å². The van der Waals surface area contributed by atoms with Crippen molar-refractivity contribution in [2.75, 3.05) is 19.5 Å². The number of ether oxygens (including phenoxy) is 1. The maximum absolute atomic E-state index is 12.4. The fourth-order valence-electron chi connectivity index (χ4n) is 2.13. The van der Waals surface area contributed by atoms with Crippen LogP contribution >= 0.6 is 0 Å². The van der Waals surface area contributed by atoms with Crippen LogP contribution < -0.4 is 4.43 Å². The number of fused-ring (bicyclic) bond motifs is 1. The van der Waals surface area contributed by atoms with E-state index >= 15 is 0 Å². The molecule has 1 N–H and O–H groups in total. The van der Waals surface area contributed by atoms with Crippen LogP contribution in [-0.2, 0) is 20.3 Å². The van der Waals surface area contributed by atoms with Gasteiger partial charge in [-0.15, -0.1) is 0 Å². The molecule has 124 valence electrons. The van der Waals surface area contributed by atoms with Crippen LogP contribution in [0.5, 0.6) is 0 Å². The minimum atomic E-state index is -3.89. The fraction of sp³-hybridized carbons (Fsp3) is 0.308. The van der Waals surface area contributed by atoms with Gasteiger partial charge in [-0.2, -0.15) is 0 Å². The van der Waals surface area contributed by atoms with Crippen LogP contribution in [0.15, 0.2) is 24.3 Å². The molecule has 23 heavy (non-hydrogen) atoms. The number of hydrogen-bond donors (Lipinski definition) is 1. The van der Waals surface area contributed by atoms with Crippen LogP contribution in [0, 0.1) is 10.1 Å². The number of hydrogen-bond acceptors (Lipinski definition) is 7. The number of para-hydroxylation sites is 2. The summed E-state index contributed by atoms with van der Waals surface area (Å²) in [5.41, 5.74) is -1.41. The Balaban J connectivity index is 2.83. The van der Waals surface area contributed by atoms with Crippen molar-refractivity contribution in [3.8, 4) is 0 Å². The summed E-state index contributed by atoms with van der Waals surface area (Å²) in [5.74, 6) is -2.59. The van der Waals surface area contributed by atoms with E-state index in [0.717, 1.165) is 7.11 Å². The van der Waals surface area contributed by atoms with Gasteiger partial charge in [0.05, 0.1) is 29.6 Å². The molecular formula is C13H14N2O7S. The van der Waals surface area contributed by atoms with Gasteiger partial charge in [0.15, 0.2) is 9.84 Å². The number of nitrogens with zero attached hydrogens (tertiary/aromatic N) is 2. The van der Waals surface area contributed by atoms with E-state index in [-0.39, 0.29) is 20.2 Å². The summed E-state index contributed by atoms with van der Waals surface area (Å²) in [7, 11) is -2.88. The third-order valence-corrected chi connectivity index (χ3v) is 4.70. The molecule has 0 saturated carbocycles. The minimum Gasteiger partial charge on any atom is -0.805 e. The van der Waals surface area contributed by atoms with E-state index in [2.05, 4.69) is 4.74 Å². The second-order valence-corrected chi connectivity index (χ2v) is 6.86. The number of aromatic nitrogens is 2. The second kappa shape index (κ2) is 6.34. The Morgan fingerprint density at radius 3 is 2.65 bits per heavy atom. The Morgan fingerprint density at radius 2 is 2.04 bits per heavy atom. The number of rotatable bonds is 5. The lowest BCUT2D eigenvalue weighted by atomic mass is 10.2. The van der Waals surface area contributed by atoms with Crippen molar-refractivity contribution >= 4 is 26.8 Å². The number of benzene rings is 1. The summed E-state index contributed by atoms with van der Waals surface area (Å²) in [4.78, 5) is 24.2. The van der Waals surface area contributed by atoms with Crippen LogP contribution in [0.1, 0.15) is 16.2 Å². The molecule has 0 spiro atoms. The Morgan fingerprint density at radius 1 is 1.39 bits per heavy atom. The molecule has 0 unspecified atom stereocenters. The molecule has 0 saturated heterocycles. The Labute approximate surface area is 130 Å². The summed E-state index contributed by atoms with van der Waals surface area (Å²) >= 11 is 0. The molecule has 0 amide bonds. The maximum Gasteiger partial charge on any atom is 0.410 e. The van der Waals surface area contributed by atoms with Gasteiger partial charge in [0.1, 0.15) is 11.2 Å². The Kier molecular flexibility index (Phi) is 4.66. The molecule has 0 aliphatic rings. The number of methoxy groups -OCH3 is 1. The first-order valence-electron chi connectivity index (χ1n) is 6.48. The highest BCUT2D eigenvalue weighted by molar-refractivity contribution is 7.90. The molecule has 9 nitrogen and oxygen atoms in total. The van der Waals surface area contributed by atoms with Crippen LogP contribution in [0.3, 0.4) is 0 Å². The topological polar surface area (TPSA) is 132 Å². The highest BCUT2D eigenvalue weighted by atomic mass is 32.2. The zero-order valence-corrected chi connectivity index (χ0v) is 12.9. The van der Waals surface area contributed by atoms with E-state index in [9.17, 15) is 23.3 Å². The van der Waals surface area contributed by atoms with E-state index in [0.29, 0.717) is 0 Å². The van der Waals surface area contributed by atoms with Gasteiger partial charge >= 0.3 is 11.7 Å². The molecule has 1 heterocycles. The van der Waals surface area contributed by atoms with Gasteiger partial charge in [0, 0.05) is 11.0 Å². The molecule has 0 bridgehead atoms. The molecule has 2 rings (SSSR count). The van der Waals surface area contributed by atoms with Gasteiger partial charge in [0.25, 0.3) is 5.52 Å². The van der Waals surface area contributed by atoms with Crippen LogP contribution in [0.2, 0.25) is 0 Å². The van der Waals surface area contributed by atoms with Crippen LogP contribution in [0.25, 0.3) is 11.0 Å². The van der Waals surface area contributed by atoms with Gasteiger partial charge in [0.2, 0.25) is 0 Å². The monoisotopic (exact) mass is 342 g/mol. The van der Waals surface area contributed by atoms with Gasteiger partial charge in [-0.3, -0.25) is 0 Å². The lowest BCUT2D eigenvalue weighted by Crippen LogP contribution is -2.33. The number of sulfone groups is 1. The summed E-state index contributed by atoms with van der Waals surface area (Å²) in [6.07, 6.45) is 0. The largest absolute Gasteiger partial charge is 0.805 e. The van der Waals surface area contributed by atoms with Crippen LogP contribution in [0.4, 0.5) is 0 Å². The SMILES string of the molecule is COC(=O)c1c(CS(=O)(=O)CCO)n([O-])c2ccccc2[n+]1=O. The summed E-state index contributed by atoms with van der Waals surface area (Å²) < 4.78 is 28.7. The number of carbonyl (C=O) groups is 1. The summed E-state index contributed by atoms with van der Waals surface area (Å²) in [6, 6.07) is 5.66. The molecule has 2 aromatic rings. The summed E-state index contributed by atoms with van der Waals surface area (Å²) in [6.45, 7) is -0.639. The van der Waals surface area contributed by atoms with Crippen molar-refractivity contribution in [1.29, 1.82) is 0 Å². The first kappa shape index (κ1) is 16.9. The molecular weight excluding hydrogens is 328 g/mol. The van der Waals surface area contributed by atoms with E-state index in [4.69, 9.17) is 5.11 Å². The fourth-order valence-corrected chi connectivity index (χ4v) is 3.22. The standard InChI is InChI=1S/C13H14N2O7S/c1-22-13(17)12-11(8-23(20,21)7-6-16)14(18)9-4-2-3-5-10(9)15(12)19/h2-5,16H,6-8H2,1H3. The Bertz CT molecular complexity index is 918. The number of aliphatic hydroxyl groups excluding tert-OH is 1. The van der Waals surface area contributed by atoms with Gasteiger partial charge in [-0.25, -0.2) is 13.2 Å². The molecule has 0 radical (unpaired) electrons. The molecule has 0 atom stereocenters. The van der Waals surface area contributed by atoms with Crippen molar-refractivity contribution < 1.29 is 27.5 Å². The van der Waals surface area contributed by atoms with Crippen molar-refractivity contribution in [2.45, 2.75) is 5.75 Å². The zero-order valence-electron chi connectivity index (χ0n) is 12.1. The quantitative estimate of drug-likeness (QED) is 0.577. The molecule has 1 aromatic carbocycles. The average molecular weight is 342 g/mol. The first-order valence-corrected chi connectivity index (χ1v) is 8.31. The minimum absolute atomic E-state index is 0.0793. The van der Waals surface area contributed by atoms with Crippen molar-refractivity contribution in [3.63, 3.8) is 0 Å².